The summed E-state index contributed by atoms with van der Waals surface area (Å²) in [4.78, 5) is 2.21. The molecule has 1 atom stereocenters. The molecule has 0 aromatic heterocycles. The smallest absolute Gasteiger partial charge is 0.144 e. The largest absolute Gasteiger partial charge is 0.489 e. The highest BCUT2D eigenvalue weighted by atomic mass is 35.5. The van der Waals surface area contributed by atoms with Gasteiger partial charge in [0.25, 0.3) is 0 Å². The molecule has 0 saturated heterocycles. The lowest BCUT2D eigenvalue weighted by molar-refractivity contribution is 0.261. The predicted molar refractivity (Wildman–Crippen MR) is 62.8 cm³/mol. The molecule has 1 aliphatic rings. The van der Waals surface area contributed by atoms with Gasteiger partial charge in [0.05, 0.1) is 11.7 Å². The molecule has 0 aliphatic carbocycles. The van der Waals surface area contributed by atoms with Gasteiger partial charge in [-0.2, -0.15) is 0 Å². The van der Waals surface area contributed by atoms with E-state index in [0.717, 1.165) is 17.9 Å². The zero-order valence-electron chi connectivity index (χ0n) is 8.74. The Labute approximate surface area is 94.8 Å². The maximum atomic E-state index is 5.90. The normalized spacial score (nSPS) is 19.7. The molecule has 0 spiro atoms. The zero-order valence-corrected chi connectivity index (χ0v) is 9.50. The predicted octanol–water partition coefficient (Wildman–Crippen LogP) is 1.89. The third-order valence-corrected chi connectivity index (χ3v) is 3.02. The minimum Gasteiger partial charge on any atom is -0.489 e. The molecule has 2 N–H and O–H groups in total. The number of benzene rings is 1. The Kier molecular flexibility index (Phi) is 3.03. The summed E-state index contributed by atoms with van der Waals surface area (Å²) in [5.41, 5.74) is 6.65. The van der Waals surface area contributed by atoms with Gasteiger partial charge >= 0.3 is 0 Å². The van der Waals surface area contributed by atoms with E-state index >= 15 is 0 Å². The standard InChI is InChI=1S/C11H15ClN2O/c1-14-9(4-5-13)7-15-11-6-8(12)2-3-10(11)14/h2-3,6,9H,4-5,7,13H2,1H3. The van der Waals surface area contributed by atoms with Crippen LogP contribution in [0.15, 0.2) is 18.2 Å². The van der Waals surface area contributed by atoms with E-state index in [1.165, 1.54) is 0 Å². The summed E-state index contributed by atoms with van der Waals surface area (Å²) in [6, 6.07) is 6.08. The van der Waals surface area contributed by atoms with Crippen molar-refractivity contribution >= 4 is 17.3 Å². The molecule has 0 bridgehead atoms. The fourth-order valence-corrected chi connectivity index (χ4v) is 2.02. The first kappa shape index (κ1) is 10.6. The van der Waals surface area contributed by atoms with Crippen LogP contribution in [-0.2, 0) is 0 Å². The minimum atomic E-state index is 0.365. The molecule has 1 aliphatic heterocycles. The number of nitrogens with zero attached hydrogens (tertiary/aromatic N) is 1. The molecule has 15 heavy (non-hydrogen) atoms. The van der Waals surface area contributed by atoms with Gasteiger partial charge in [-0.15, -0.1) is 0 Å². The summed E-state index contributed by atoms with van der Waals surface area (Å²) in [5, 5.41) is 0.708. The number of ether oxygens (including phenoxy) is 1. The average Bonchev–Trinajstić information content (AvgIpc) is 2.22. The summed E-state index contributed by atoms with van der Waals surface area (Å²) in [5.74, 6) is 0.860. The van der Waals surface area contributed by atoms with Gasteiger partial charge in [0.15, 0.2) is 0 Å². The zero-order chi connectivity index (χ0) is 10.8. The number of hydrogen-bond donors (Lipinski definition) is 1. The number of rotatable bonds is 2. The number of fused-ring (bicyclic) bond motifs is 1. The molecule has 0 saturated carbocycles. The van der Waals surface area contributed by atoms with E-state index in [1.807, 2.05) is 18.2 Å². The number of hydrogen-bond acceptors (Lipinski definition) is 3. The lowest BCUT2D eigenvalue weighted by Gasteiger charge is -2.35. The second-order valence-electron chi connectivity index (χ2n) is 3.77. The molecular formula is C11H15ClN2O. The Balaban J connectivity index is 2.26. The molecule has 1 unspecified atom stereocenters. The quantitative estimate of drug-likeness (QED) is 0.837. The van der Waals surface area contributed by atoms with Gasteiger partial charge < -0.3 is 15.4 Å². The number of likely N-dealkylation sites (N-methyl/N-ethyl adjacent to an activating group) is 1. The van der Waals surface area contributed by atoms with Gasteiger partial charge in [-0.3, -0.25) is 0 Å². The van der Waals surface area contributed by atoms with Crippen LogP contribution in [-0.4, -0.2) is 26.2 Å². The molecule has 1 heterocycles. The number of anilines is 1. The van der Waals surface area contributed by atoms with E-state index in [-0.39, 0.29) is 0 Å². The lowest BCUT2D eigenvalue weighted by Crippen LogP contribution is -2.41. The lowest BCUT2D eigenvalue weighted by atomic mass is 10.1. The van der Waals surface area contributed by atoms with Crippen LogP contribution in [0.25, 0.3) is 0 Å². The Morgan fingerprint density at radius 3 is 3.13 bits per heavy atom. The summed E-state index contributed by atoms with van der Waals surface area (Å²) in [7, 11) is 2.07. The Morgan fingerprint density at radius 2 is 2.40 bits per heavy atom. The first-order valence-corrected chi connectivity index (χ1v) is 5.45. The van der Waals surface area contributed by atoms with Crippen LogP contribution < -0.4 is 15.4 Å². The molecule has 2 rings (SSSR count). The Hall–Kier alpha value is -0.930. The van der Waals surface area contributed by atoms with Crippen LogP contribution in [0.3, 0.4) is 0 Å². The third kappa shape index (κ3) is 2.03. The van der Waals surface area contributed by atoms with E-state index in [1.54, 1.807) is 0 Å². The van der Waals surface area contributed by atoms with E-state index in [4.69, 9.17) is 22.1 Å². The molecule has 1 aromatic rings. The van der Waals surface area contributed by atoms with Gasteiger partial charge in [-0.05, 0) is 25.1 Å². The molecule has 4 heteroatoms. The maximum absolute atomic E-state index is 5.90. The Morgan fingerprint density at radius 1 is 1.60 bits per heavy atom. The highest BCUT2D eigenvalue weighted by Crippen LogP contribution is 2.35. The van der Waals surface area contributed by atoms with Crippen molar-refractivity contribution in [2.24, 2.45) is 5.73 Å². The van der Waals surface area contributed by atoms with Gasteiger partial charge in [0.2, 0.25) is 0 Å². The van der Waals surface area contributed by atoms with Crippen LogP contribution in [0.1, 0.15) is 6.42 Å². The Bertz CT molecular complexity index is 356. The first-order valence-electron chi connectivity index (χ1n) is 5.07. The van der Waals surface area contributed by atoms with Crippen molar-refractivity contribution < 1.29 is 4.74 Å². The van der Waals surface area contributed by atoms with Crippen molar-refractivity contribution in [1.29, 1.82) is 0 Å². The first-order chi connectivity index (χ1) is 7.22. The van der Waals surface area contributed by atoms with Crippen LogP contribution in [0.4, 0.5) is 5.69 Å². The van der Waals surface area contributed by atoms with Crippen LogP contribution in [0.5, 0.6) is 5.75 Å². The third-order valence-electron chi connectivity index (χ3n) is 2.78. The van der Waals surface area contributed by atoms with E-state index in [0.29, 0.717) is 24.2 Å². The van der Waals surface area contributed by atoms with Crippen molar-refractivity contribution in [1.82, 2.24) is 0 Å². The molecule has 0 fully saturated rings. The molecule has 82 valence electrons. The van der Waals surface area contributed by atoms with E-state index in [2.05, 4.69) is 11.9 Å². The SMILES string of the molecule is CN1c2ccc(Cl)cc2OCC1CCN. The number of nitrogens with two attached hydrogens (primary N) is 1. The van der Waals surface area contributed by atoms with Gasteiger partial charge in [0, 0.05) is 18.1 Å². The monoisotopic (exact) mass is 226 g/mol. The topological polar surface area (TPSA) is 38.5 Å². The summed E-state index contributed by atoms with van der Waals surface area (Å²) >= 11 is 5.90. The molecular weight excluding hydrogens is 212 g/mol. The highest BCUT2D eigenvalue weighted by molar-refractivity contribution is 6.30. The molecule has 0 amide bonds. The molecule has 0 radical (unpaired) electrons. The van der Waals surface area contributed by atoms with Gasteiger partial charge in [-0.25, -0.2) is 0 Å². The average molecular weight is 227 g/mol. The second kappa shape index (κ2) is 4.29. The van der Waals surface area contributed by atoms with Crippen LogP contribution in [0.2, 0.25) is 5.02 Å². The summed E-state index contributed by atoms with van der Waals surface area (Å²) in [6.07, 6.45) is 0.943. The molecule has 3 nitrogen and oxygen atoms in total. The molecule has 1 aromatic carbocycles. The van der Waals surface area contributed by atoms with Gasteiger partial charge in [0.1, 0.15) is 12.4 Å². The fourth-order valence-electron chi connectivity index (χ4n) is 1.86. The highest BCUT2D eigenvalue weighted by Gasteiger charge is 2.23. The van der Waals surface area contributed by atoms with Crippen molar-refractivity contribution in [3.63, 3.8) is 0 Å². The summed E-state index contributed by atoms with van der Waals surface area (Å²) in [6.45, 7) is 1.36. The second-order valence-corrected chi connectivity index (χ2v) is 4.20. The van der Waals surface area contributed by atoms with E-state index < -0.39 is 0 Å². The van der Waals surface area contributed by atoms with E-state index in [9.17, 15) is 0 Å². The van der Waals surface area contributed by atoms with Crippen molar-refractivity contribution in [2.75, 3.05) is 25.1 Å². The fraction of sp³-hybridized carbons (Fsp3) is 0.455. The van der Waals surface area contributed by atoms with Crippen molar-refractivity contribution in [3.8, 4) is 5.75 Å². The van der Waals surface area contributed by atoms with Crippen molar-refractivity contribution in [2.45, 2.75) is 12.5 Å². The maximum Gasteiger partial charge on any atom is 0.144 e. The van der Waals surface area contributed by atoms with Crippen molar-refractivity contribution in [3.05, 3.63) is 23.2 Å². The number of halogens is 1. The van der Waals surface area contributed by atoms with Crippen LogP contribution in [0, 0.1) is 0 Å². The van der Waals surface area contributed by atoms with Crippen LogP contribution >= 0.6 is 11.6 Å². The van der Waals surface area contributed by atoms with Gasteiger partial charge in [-0.1, -0.05) is 11.6 Å². The summed E-state index contributed by atoms with van der Waals surface area (Å²) < 4.78 is 5.66. The minimum absolute atomic E-state index is 0.365.